The number of likely N-dealkylation sites (tertiary alicyclic amines) is 1. The summed E-state index contributed by atoms with van der Waals surface area (Å²) in [5.41, 5.74) is 4.10. The van der Waals surface area contributed by atoms with Crippen LogP contribution in [0.2, 0.25) is 0 Å². The average Bonchev–Trinajstić information content (AvgIpc) is 2.82. The zero-order valence-electron chi connectivity index (χ0n) is 18.2. The van der Waals surface area contributed by atoms with Gasteiger partial charge in [-0.05, 0) is 30.2 Å². The molecule has 2 N–H and O–H groups in total. The first kappa shape index (κ1) is 20.3. The highest BCUT2D eigenvalue weighted by Gasteiger charge is 2.42. The quantitative estimate of drug-likeness (QED) is 0.658. The summed E-state index contributed by atoms with van der Waals surface area (Å²) < 4.78 is 0. The van der Waals surface area contributed by atoms with Gasteiger partial charge in [0.2, 0.25) is 5.91 Å². The van der Waals surface area contributed by atoms with E-state index in [-0.39, 0.29) is 17.7 Å². The van der Waals surface area contributed by atoms with Gasteiger partial charge in [0.05, 0.1) is 11.5 Å². The predicted molar refractivity (Wildman–Crippen MR) is 126 cm³/mol. The summed E-state index contributed by atoms with van der Waals surface area (Å²) in [7, 11) is 0. The second kappa shape index (κ2) is 8.15. The number of nitrogens with one attached hydrogen (secondary N) is 2. The molecule has 0 atom stereocenters. The molecular weight excluding hydrogens is 398 g/mol. The van der Waals surface area contributed by atoms with Gasteiger partial charge in [-0.2, -0.15) is 0 Å². The Labute approximate surface area is 188 Å². The molecule has 1 spiro atoms. The largest absolute Gasteiger partial charge is 0.362 e. The molecule has 0 radical (unpaired) electrons. The van der Waals surface area contributed by atoms with E-state index in [1.165, 1.54) is 0 Å². The Hall–Kier alpha value is -3.60. The highest BCUT2D eigenvalue weighted by Crippen LogP contribution is 2.34. The maximum absolute atomic E-state index is 13.7. The van der Waals surface area contributed by atoms with Gasteiger partial charge in [0.1, 0.15) is 5.66 Å². The fraction of sp³-hybridized carbons (Fsp3) is 0.259. The first-order valence-corrected chi connectivity index (χ1v) is 11.1. The van der Waals surface area contributed by atoms with E-state index >= 15 is 0 Å². The van der Waals surface area contributed by atoms with E-state index in [1.807, 2.05) is 90.7 Å². The molecule has 5 heteroatoms. The van der Waals surface area contributed by atoms with E-state index in [1.54, 1.807) is 0 Å². The summed E-state index contributed by atoms with van der Waals surface area (Å²) in [5.74, 6) is -0.270. The van der Waals surface area contributed by atoms with Gasteiger partial charge in [0, 0.05) is 31.6 Å². The first-order valence-electron chi connectivity index (χ1n) is 11.1. The molecule has 2 amide bonds. The van der Waals surface area contributed by atoms with Gasteiger partial charge in [0.25, 0.3) is 5.91 Å². The van der Waals surface area contributed by atoms with E-state index in [9.17, 15) is 9.59 Å². The number of piperidine rings is 1. The van der Waals surface area contributed by atoms with Crippen LogP contribution in [0.3, 0.4) is 0 Å². The molecule has 3 aromatic rings. The van der Waals surface area contributed by atoms with Crippen molar-refractivity contribution in [2.24, 2.45) is 0 Å². The van der Waals surface area contributed by atoms with Crippen molar-refractivity contribution in [1.82, 2.24) is 10.2 Å². The summed E-state index contributed by atoms with van der Waals surface area (Å²) in [5, 5.41) is 6.73. The molecule has 2 aliphatic heterocycles. The number of aryl methyl sites for hydroxylation is 1. The van der Waals surface area contributed by atoms with Crippen LogP contribution < -0.4 is 10.6 Å². The highest BCUT2D eigenvalue weighted by atomic mass is 16.2. The molecule has 0 aliphatic carbocycles. The third-order valence-corrected chi connectivity index (χ3v) is 6.59. The van der Waals surface area contributed by atoms with Crippen LogP contribution in [0.5, 0.6) is 0 Å². The monoisotopic (exact) mass is 425 g/mol. The lowest BCUT2D eigenvalue weighted by Crippen LogP contribution is -2.63. The lowest BCUT2D eigenvalue weighted by atomic mass is 9.87. The lowest BCUT2D eigenvalue weighted by Gasteiger charge is -2.46. The molecule has 2 heterocycles. The fourth-order valence-electron chi connectivity index (χ4n) is 4.84. The third-order valence-electron chi connectivity index (χ3n) is 6.59. The maximum atomic E-state index is 13.7. The topological polar surface area (TPSA) is 61.4 Å². The van der Waals surface area contributed by atoms with Gasteiger partial charge >= 0.3 is 0 Å². The molecule has 3 aromatic carbocycles. The lowest BCUT2D eigenvalue weighted by molar-refractivity contribution is -0.133. The molecular formula is C27H27N3O2. The minimum atomic E-state index is -0.509. The number of hydrogen-bond acceptors (Lipinski definition) is 3. The normalized spacial score (nSPS) is 16.9. The second-order valence-corrected chi connectivity index (χ2v) is 8.79. The Balaban J connectivity index is 1.36. The van der Waals surface area contributed by atoms with Gasteiger partial charge in [0.15, 0.2) is 0 Å². The molecule has 5 rings (SSSR count). The smallest absolute Gasteiger partial charge is 0.255 e. The molecule has 2 aliphatic rings. The molecule has 0 saturated carbocycles. The molecule has 0 bridgehead atoms. The number of rotatable bonds is 3. The summed E-state index contributed by atoms with van der Waals surface area (Å²) in [6.45, 7) is 3.16. The third kappa shape index (κ3) is 3.75. The molecule has 0 unspecified atom stereocenters. The number of carbonyl (C=O) groups excluding carboxylic acids is 2. The number of fused-ring (bicyclic) bond motifs is 1. The maximum Gasteiger partial charge on any atom is 0.255 e. The summed E-state index contributed by atoms with van der Waals surface area (Å²) >= 11 is 0. The Morgan fingerprint density at radius 1 is 0.875 bits per heavy atom. The van der Waals surface area contributed by atoms with Crippen LogP contribution in [0.15, 0.2) is 78.9 Å². The SMILES string of the molecule is Cc1ccc2c(c1)C(=O)NC1(CCN(C(=O)C(c3ccccc3)c3ccccc3)CC1)N2. The first-order chi connectivity index (χ1) is 15.5. The van der Waals surface area contributed by atoms with E-state index in [2.05, 4.69) is 10.6 Å². The van der Waals surface area contributed by atoms with Crippen LogP contribution in [-0.2, 0) is 4.79 Å². The zero-order valence-corrected chi connectivity index (χ0v) is 18.2. The van der Waals surface area contributed by atoms with E-state index in [0.29, 0.717) is 31.5 Å². The second-order valence-electron chi connectivity index (χ2n) is 8.79. The number of amides is 2. The predicted octanol–water partition coefficient (Wildman–Crippen LogP) is 4.30. The number of hydrogen-bond donors (Lipinski definition) is 2. The molecule has 1 saturated heterocycles. The van der Waals surface area contributed by atoms with Crippen molar-refractivity contribution in [2.45, 2.75) is 31.3 Å². The van der Waals surface area contributed by atoms with Crippen molar-refractivity contribution >= 4 is 17.5 Å². The van der Waals surface area contributed by atoms with Gasteiger partial charge < -0.3 is 15.5 Å². The van der Waals surface area contributed by atoms with Crippen molar-refractivity contribution in [1.29, 1.82) is 0 Å². The van der Waals surface area contributed by atoms with Crippen molar-refractivity contribution in [3.8, 4) is 0 Å². The summed E-state index contributed by atoms with van der Waals surface area (Å²) in [6, 6.07) is 25.8. The molecule has 5 nitrogen and oxygen atoms in total. The molecule has 162 valence electrons. The Morgan fingerprint density at radius 3 is 2.06 bits per heavy atom. The number of carbonyl (C=O) groups is 2. The van der Waals surface area contributed by atoms with E-state index in [4.69, 9.17) is 0 Å². The summed E-state index contributed by atoms with van der Waals surface area (Å²) in [6.07, 6.45) is 1.32. The zero-order chi connectivity index (χ0) is 22.1. The number of benzene rings is 3. The fourth-order valence-corrected chi connectivity index (χ4v) is 4.84. The summed E-state index contributed by atoms with van der Waals surface area (Å²) in [4.78, 5) is 28.4. The highest BCUT2D eigenvalue weighted by molar-refractivity contribution is 6.02. The average molecular weight is 426 g/mol. The van der Waals surface area contributed by atoms with Crippen LogP contribution in [0.25, 0.3) is 0 Å². The Kier molecular flexibility index (Phi) is 5.17. The van der Waals surface area contributed by atoms with Crippen molar-refractivity contribution in [3.05, 3.63) is 101 Å². The van der Waals surface area contributed by atoms with Crippen molar-refractivity contribution in [2.75, 3.05) is 18.4 Å². The van der Waals surface area contributed by atoms with Gasteiger partial charge in [-0.25, -0.2) is 0 Å². The van der Waals surface area contributed by atoms with Gasteiger partial charge in [-0.3, -0.25) is 9.59 Å². The minimum Gasteiger partial charge on any atom is -0.362 e. The molecule has 0 aromatic heterocycles. The van der Waals surface area contributed by atoms with Gasteiger partial charge in [-0.15, -0.1) is 0 Å². The van der Waals surface area contributed by atoms with E-state index < -0.39 is 5.66 Å². The van der Waals surface area contributed by atoms with Crippen molar-refractivity contribution in [3.63, 3.8) is 0 Å². The van der Waals surface area contributed by atoms with Crippen LogP contribution in [0.4, 0.5) is 5.69 Å². The van der Waals surface area contributed by atoms with Crippen molar-refractivity contribution < 1.29 is 9.59 Å². The molecule has 1 fully saturated rings. The number of anilines is 1. The van der Waals surface area contributed by atoms with E-state index in [0.717, 1.165) is 22.4 Å². The standard InChI is InChI=1S/C27H27N3O2/c1-19-12-13-23-22(18-19)25(31)29-27(28-23)14-16-30(17-15-27)26(32)24(20-8-4-2-5-9-20)21-10-6-3-7-11-21/h2-13,18,24,28H,14-17H2,1H3,(H,29,31). The Bertz CT molecular complexity index is 1100. The van der Waals surface area contributed by atoms with Crippen LogP contribution in [-0.4, -0.2) is 35.5 Å². The number of nitrogens with zero attached hydrogens (tertiary/aromatic N) is 1. The Morgan fingerprint density at radius 2 is 1.47 bits per heavy atom. The molecule has 32 heavy (non-hydrogen) atoms. The van der Waals surface area contributed by atoms with Crippen LogP contribution >= 0.6 is 0 Å². The van der Waals surface area contributed by atoms with Crippen LogP contribution in [0, 0.1) is 6.92 Å². The van der Waals surface area contributed by atoms with Gasteiger partial charge in [-0.1, -0.05) is 72.3 Å². The minimum absolute atomic E-state index is 0.0475. The van der Waals surface area contributed by atoms with Crippen LogP contribution in [0.1, 0.15) is 45.8 Å².